The van der Waals surface area contributed by atoms with E-state index in [1.807, 2.05) is 55.5 Å². The number of para-hydroxylation sites is 1. The Labute approximate surface area is 124 Å². The molecular weight excluding hydrogens is 270 g/mol. The van der Waals surface area contributed by atoms with Crippen LogP contribution in [-0.4, -0.2) is 5.91 Å². The second-order valence-electron chi connectivity index (χ2n) is 4.73. The SMILES string of the molecule is CCc1cccc(C)c1NC(=O)C(Cl)c1ccccc1. The molecule has 0 fully saturated rings. The van der Waals surface area contributed by atoms with Crippen LogP contribution in [0.1, 0.15) is 29.0 Å². The molecule has 0 bridgehead atoms. The van der Waals surface area contributed by atoms with Crippen molar-refractivity contribution in [1.29, 1.82) is 0 Å². The zero-order chi connectivity index (χ0) is 14.5. The Bertz CT molecular complexity index is 595. The fourth-order valence-electron chi connectivity index (χ4n) is 2.16. The fourth-order valence-corrected chi connectivity index (χ4v) is 2.36. The number of benzene rings is 2. The van der Waals surface area contributed by atoms with Crippen molar-refractivity contribution >= 4 is 23.2 Å². The van der Waals surface area contributed by atoms with Crippen LogP contribution in [0.3, 0.4) is 0 Å². The van der Waals surface area contributed by atoms with Crippen LogP contribution in [0.5, 0.6) is 0 Å². The van der Waals surface area contributed by atoms with Crippen LogP contribution in [0.2, 0.25) is 0 Å². The number of nitrogens with one attached hydrogen (secondary N) is 1. The van der Waals surface area contributed by atoms with Gasteiger partial charge in [0.15, 0.2) is 0 Å². The zero-order valence-corrected chi connectivity index (χ0v) is 12.4. The predicted octanol–water partition coefficient (Wildman–Crippen LogP) is 4.48. The summed E-state index contributed by atoms with van der Waals surface area (Å²) in [4.78, 5) is 12.3. The molecule has 0 heterocycles. The number of carbonyl (C=O) groups excluding carboxylic acids is 1. The topological polar surface area (TPSA) is 29.1 Å². The van der Waals surface area contributed by atoms with E-state index in [2.05, 4.69) is 12.2 Å². The first kappa shape index (κ1) is 14.6. The van der Waals surface area contributed by atoms with Crippen LogP contribution in [0.25, 0.3) is 0 Å². The first-order valence-electron chi connectivity index (χ1n) is 6.72. The van der Waals surface area contributed by atoms with Crippen molar-refractivity contribution in [2.45, 2.75) is 25.6 Å². The molecule has 0 aliphatic carbocycles. The van der Waals surface area contributed by atoms with E-state index in [-0.39, 0.29) is 5.91 Å². The van der Waals surface area contributed by atoms with Crippen LogP contribution < -0.4 is 5.32 Å². The summed E-state index contributed by atoms with van der Waals surface area (Å²) in [5, 5.41) is 2.28. The number of anilines is 1. The van der Waals surface area contributed by atoms with E-state index < -0.39 is 5.38 Å². The molecular formula is C17H18ClNO. The van der Waals surface area contributed by atoms with Gasteiger partial charge in [-0.2, -0.15) is 0 Å². The fraction of sp³-hybridized carbons (Fsp3) is 0.235. The highest BCUT2D eigenvalue weighted by Gasteiger charge is 2.18. The molecule has 0 saturated heterocycles. The average Bonchev–Trinajstić information content (AvgIpc) is 2.49. The van der Waals surface area contributed by atoms with Gasteiger partial charge in [0.1, 0.15) is 5.38 Å². The van der Waals surface area contributed by atoms with E-state index in [9.17, 15) is 4.79 Å². The number of carbonyl (C=O) groups is 1. The molecule has 20 heavy (non-hydrogen) atoms. The number of halogens is 1. The number of alkyl halides is 1. The molecule has 0 radical (unpaired) electrons. The normalized spacial score (nSPS) is 11.9. The van der Waals surface area contributed by atoms with Gasteiger partial charge in [-0.05, 0) is 30.0 Å². The van der Waals surface area contributed by atoms with Crippen LogP contribution in [0.15, 0.2) is 48.5 Å². The number of rotatable bonds is 4. The van der Waals surface area contributed by atoms with Crippen LogP contribution in [-0.2, 0) is 11.2 Å². The predicted molar refractivity (Wildman–Crippen MR) is 84.2 cm³/mol. The minimum atomic E-state index is -0.680. The molecule has 1 amide bonds. The summed E-state index contributed by atoms with van der Waals surface area (Å²) in [5.41, 5.74) is 3.85. The van der Waals surface area contributed by atoms with Crippen LogP contribution >= 0.6 is 11.6 Å². The molecule has 1 N–H and O–H groups in total. The minimum Gasteiger partial charge on any atom is -0.324 e. The Morgan fingerprint density at radius 3 is 2.50 bits per heavy atom. The second kappa shape index (κ2) is 6.58. The average molecular weight is 288 g/mol. The van der Waals surface area contributed by atoms with Gasteiger partial charge in [-0.15, -0.1) is 11.6 Å². The van der Waals surface area contributed by atoms with Gasteiger partial charge in [0, 0.05) is 5.69 Å². The standard InChI is InChI=1S/C17H18ClNO/c1-3-13-11-7-8-12(2)16(13)19-17(20)15(18)14-9-5-4-6-10-14/h4-11,15H,3H2,1-2H3,(H,19,20). The highest BCUT2D eigenvalue weighted by atomic mass is 35.5. The molecule has 2 aromatic carbocycles. The lowest BCUT2D eigenvalue weighted by atomic mass is 10.1. The lowest BCUT2D eigenvalue weighted by molar-refractivity contribution is -0.116. The number of hydrogen-bond acceptors (Lipinski definition) is 1. The summed E-state index contributed by atoms with van der Waals surface area (Å²) in [6, 6.07) is 15.4. The van der Waals surface area contributed by atoms with E-state index in [4.69, 9.17) is 11.6 Å². The molecule has 2 nitrogen and oxygen atoms in total. The summed E-state index contributed by atoms with van der Waals surface area (Å²) in [6.45, 7) is 4.06. The Balaban J connectivity index is 2.20. The van der Waals surface area contributed by atoms with Crippen molar-refractivity contribution in [3.05, 3.63) is 65.2 Å². The molecule has 0 aliphatic rings. The maximum atomic E-state index is 12.3. The van der Waals surface area contributed by atoms with E-state index >= 15 is 0 Å². The lowest BCUT2D eigenvalue weighted by Crippen LogP contribution is -2.19. The van der Waals surface area contributed by atoms with Gasteiger partial charge in [0.05, 0.1) is 0 Å². The van der Waals surface area contributed by atoms with Gasteiger partial charge in [-0.25, -0.2) is 0 Å². The van der Waals surface area contributed by atoms with Gasteiger partial charge >= 0.3 is 0 Å². The van der Waals surface area contributed by atoms with Gasteiger partial charge < -0.3 is 5.32 Å². The van der Waals surface area contributed by atoms with Crippen molar-refractivity contribution in [3.63, 3.8) is 0 Å². The third kappa shape index (κ3) is 3.20. The molecule has 1 atom stereocenters. The van der Waals surface area contributed by atoms with E-state index in [0.29, 0.717) is 0 Å². The summed E-state index contributed by atoms with van der Waals surface area (Å²) in [7, 11) is 0. The van der Waals surface area contributed by atoms with Crippen molar-refractivity contribution in [2.24, 2.45) is 0 Å². The highest BCUT2D eigenvalue weighted by Crippen LogP contribution is 2.26. The Morgan fingerprint density at radius 2 is 1.85 bits per heavy atom. The smallest absolute Gasteiger partial charge is 0.246 e. The van der Waals surface area contributed by atoms with Gasteiger partial charge in [0.2, 0.25) is 5.91 Å². The molecule has 0 saturated carbocycles. The maximum absolute atomic E-state index is 12.3. The molecule has 2 aromatic rings. The van der Waals surface area contributed by atoms with Crippen molar-refractivity contribution < 1.29 is 4.79 Å². The number of amides is 1. The Morgan fingerprint density at radius 1 is 1.15 bits per heavy atom. The number of aryl methyl sites for hydroxylation is 2. The third-order valence-corrected chi connectivity index (χ3v) is 3.76. The van der Waals surface area contributed by atoms with E-state index in [1.54, 1.807) is 0 Å². The maximum Gasteiger partial charge on any atom is 0.246 e. The first-order chi connectivity index (χ1) is 9.63. The molecule has 1 unspecified atom stereocenters. The van der Waals surface area contributed by atoms with E-state index in [1.165, 1.54) is 0 Å². The Kier molecular flexibility index (Phi) is 4.80. The minimum absolute atomic E-state index is 0.193. The summed E-state index contributed by atoms with van der Waals surface area (Å²) in [6.07, 6.45) is 0.871. The quantitative estimate of drug-likeness (QED) is 0.826. The molecule has 104 valence electrons. The first-order valence-corrected chi connectivity index (χ1v) is 7.15. The van der Waals surface area contributed by atoms with Gasteiger partial charge in [0.25, 0.3) is 0 Å². The van der Waals surface area contributed by atoms with E-state index in [0.717, 1.165) is 28.8 Å². The second-order valence-corrected chi connectivity index (χ2v) is 5.16. The monoisotopic (exact) mass is 287 g/mol. The number of hydrogen-bond donors (Lipinski definition) is 1. The molecule has 0 spiro atoms. The highest BCUT2D eigenvalue weighted by molar-refractivity contribution is 6.32. The van der Waals surface area contributed by atoms with Crippen LogP contribution in [0.4, 0.5) is 5.69 Å². The third-order valence-electron chi connectivity index (χ3n) is 3.31. The molecule has 2 rings (SSSR count). The van der Waals surface area contributed by atoms with Crippen molar-refractivity contribution in [3.8, 4) is 0 Å². The lowest BCUT2D eigenvalue weighted by Gasteiger charge is -2.15. The summed E-state index contributed by atoms with van der Waals surface area (Å²) < 4.78 is 0. The van der Waals surface area contributed by atoms with Gasteiger partial charge in [-0.1, -0.05) is 55.5 Å². The van der Waals surface area contributed by atoms with Crippen LogP contribution in [0, 0.1) is 6.92 Å². The summed E-state index contributed by atoms with van der Waals surface area (Å²) in [5.74, 6) is -0.193. The largest absolute Gasteiger partial charge is 0.324 e. The summed E-state index contributed by atoms with van der Waals surface area (Å²) >= 11 is 6.24. The molecule has 0 aliphatic heterocycles. The van der Waals surface area contributed by atoms with Crippen molar-refractivity contribution in [2.75, 3.05) is 5.32 Å². The van der Waals surface area contributed by atoms with Gasteiger partial charge in [-0.3, -0.25) is 4.79 Å². The molecule has 3 heteroatoms. The van der Waals surface area contributed by atoms with Crippen molar-refractivity contribution in [1.82, 2.24) is 0 Å². The molecule has 0 aromatic heterocycles. The Hall–Kier alpha value is -1.80. The zero-order valence-electron chi connectivity index (χ0n) is 11.7.